The molecule has 1 amide bonds. The topological polar surface area (TPSA) is 38.1 Å². The largest absolute Gasteiger partial charge is 0.303 e. The summed E-state index contributed by atoms with van der Waals surface area (Å²) in [4.78, 5) is 15.0. The molecule has 1 aliphatic rings. The fraction of sp³-hybridized carbons (Fsp3) is 0.182. The second-order valence-electron chi connectivity index (χ2n) is 6.53. The van der Waals surface area contributed by atoms with Crippen LogP contribution in [0, 0.1) is 5.82 Å². The lowest BCUT2D eigenvalue weighted by Crippen LogP contribution is -2.32. The van der Waals surface area contributed by atoms with Crippen LogP contribution >= 0.6 is 0 Å². The number of aromatic nitrogens is 2. The zero-order valence-corrected chi connectivity index (χ0v) is 14.9. The van der Waals surface area contributed by atoms with Crippen molar-refractivity contribution in [2.75, 3.05) is 11.4 Å². The van der Waals surface area contributed by atoms with E-state index in [0.29, 0.717) is 17.9 Å². The van der Waals surface area contributed by atoms with Gasteiger partial charge in [-0.25, -0.2) is 9.07 Å². The van der Waals surface area contributed by atoms with E-state index in [1.54, 1.807) is 33.9 Å². The Morgan fingerprint density at radius 2 is 1.89 bits per heavy atom. The number of anilines is 1. The van der Waals surface area contributed by atoms with Crippen molar-refractivity contribution < 1.29 is 9.18 Å². The summed E-state index contributed by atoms with van der Waals surface area (Å²) in [6.45, 7) is 4.15. The molecule has 136 valence electrons. The monoisotopic (exact) mass is 361 g/mol. The molecule has 0 unspecified atom stereocenters. The minimum atomic E-state index is -0.347. The fourth-order valence-corrected chi connectivity index (χ4v) is 3.60. The van der Waals surface area contributed by atoms with Crippen LogP contribution in [0.3, 0.4) is 0 Å². The summed E-state index contributed by atoms with van der Waals surface area (Å²) in [7, 11) is 0. The molecule has 0 saturated heterocycles. The van der Waals surface area contributed by atoms with Crippen molar-refractivity contribution in [3.05, 3.63) is 90.0 Å². The van der Waals surface area contributed by atoms with Crippen LogP contribution < -0.4 is 4.90 Å². The second kappa shape index (κ2) is 7.19. The molecule has 1 heterocycles. The Morgan fingerprint density at radius 3 is 2.63 bits per heavy atom. The molecule has 27 heavy (non-hydrogen) atoms. The Morgan fingerprint density at radius 1 is 1.15 bits per heavy atom. The normalized spacial score (nSPS) is 12.6. The molecule has 0 fully saturated rings. The molecule has 2 aromatic carbocycles. The van der Waals surface area contributed by atoms with E-state index in [4.69, 9.17) is 0 Å². The van der Waals surface area contributed by atoms with Crippen LogP contribution in [0.25, 0.3) is 5.69 Å². The highest BCUT2D eigenvalue weighted by atomic mass is 19.1. The highest BCUT2D eigenvalue weighted by Crippen LogP contribution is 2.30. The number of halogens is 1. The van der Waals surface area contributed by atoms with Gasteiger partial charge in [0, 0.05) is 23.5 Å². The maximum atomic E-state index is 14.3. The van der Waals surface area contributed by atoms with Gasteiger partial charge in [0.05, 0.1) is 0 Å². The Bertz CT molecular complexity index is 994. The Balaban J connectivity index is 1.80. The van der Waals surface area contributed by atoms with Gasteiger partial charge < -0.3 is 4.90 Å². The number of nitrogens with zero attached hydrogens (tertiary/aromatic N) is 3. The van der Waals surface area contributed by atoms with Crippen molar-refractivity contribution in [1.29, 1.82) is 0 Å². The smallest absolute Gasteiger partial charge is 0.279 e. The summed E-state index contributed by atoms with van der Waals surface area (Å²) in [6.07, 6.45) is 4.20. The lowest BCUT2D eigenvalue weighted by molar-refractivity contribution is 0.0983. The summed E-state index contributed by atoms with van der Waals surface area (Å²) >= 11 is 0. The third-order valence-electron chi connectivity index (χ3n) is 4.84. The van der Waals surface area contributed by atoms with Crippen molar-refractivity contribution in [2.24, 2.45) is 0 Å². The van der Waals surface area contributed by atoms with Gasteiger partial charge in [-0.3, -0.25) is 4.79 Å². The van der Waals surface area contributed by atoms with Gasteiger partial charge in [0.25, 0.3) is 5.91 Å². The summed E-state index contributed by atoms with van der Waals surface area (Å²) in [5.41, 5.74) is 3.42. The summed E-state index contributed by atoms with van der Waals surface area (Å²) < 4.78 is 15.9. The van der Waals surface area contributed by atoms with Crippen molar-refractivity contribution in [1.82, 2.24) is 9.78 Å². The van der Waals surface area contributed by atoms with Crippen LogP contribution in [0.2, 0.25) is 0 Å². The highest BCUT2D eigenvalue weighted by molar-refractivity contribution is 6.06. The van der Waals surface area contributed by atoms with E-state index in [1.807, 2.05) is 30.3 Å². The molecule has 5 heteroatoms. The van der Waals surface area contributed by atoms with E-state index in [2.05, 4.69) is 11.7 Å². The number of benzene rings is 2. The average molecular weight is 361 g/mol. The van der Waals surface area contributed by atoms with E-state index < -0.39 is 0 Å². The molecule has 0 N–H and O–H groups in total. The van der Waals surface area contributed by atoms with Crippen molar-refractivity contribution in [3.8, 4) is 5.69 Å². The molecule has 0 atom stereocenters. The first-order valence-electron chi connectivity index (χ1n) is 9.04. The lowest BCUT2D eigenvalue weighted by Gasteiger charge is -2.20. The van der Waals surface area contributed by atoms with Gasteiger partial charge >= 0.3 is 0 Å². The van der Waals surface area contributed by atoms with E-state index in [-0.39, 0.29) is 11.7 Å². The number of fused-ring (bicyclic) bond motifs is 1. The molecule has 4 rings (SSSR count). The third-order valence-corrected chi connectivity index (χ3v) is 4.84. The van der Waals surface area contributed by atoms with Gasteiger partial charge in [-0.1, -0.05) is 36.4 Å². The van der Waals surface area contributed by atoms with Crippen LogP contribution in [0.15, 0.2) is 67.3 Å². The first-order chi connectivity index (χ1) is 13.2. The van der Waals surface area contributed by atoms with E-state index in [9.17, 15) is 9.18 Å². The van der Waals surface area contributed by atoms with Gasteiger partial charge in [-0.2, -0.15) is 5.10 Å². The number of rotatable bonds is 5. The fourth-order valence-electron chi connectivity index (χ4n) is 3.60. The number of amides is 1. The predicted molar refractivity (Wildman–Crippen MR) is 104 cm³/mol. The highest BCUT2D eigenvalue weighted by Gasteiger charge is 2.30. The molecule has 0 aliphatic heterocycles. The Labute approximate surface area is 157 Å². The molecule has 1 aromatic heterocycles. The van der Waals surface area contributed by atoms with Crippen LogP contribution in [0.4, 0.5) is 10.1 Å². The summed E-state index contributed by atoms with van der Waals surface area (Å²) in [6, 6.07) is 16.0. The molecule has 4 nitrogen and oxygen atoms in total. The minimum absolute atomic E-state index is 0.186. The number of para-hydroxylation sites is 2. The maximum absolute atomic E-state index is 14.3. The van der Waals surface area contributed by atoms with Crippen molar-refractivity contribution in [3.63, 3.8) is 0 Å². The minimum Gasteiger partial charge on any atom is -0.303 e. The lowest BCUT2D eigenvalue weighted by atomic mass is 10.1. The first kappa shape index (κ1) is 17.2. The van der Waals surface area contributed by atoms with Gasteiger partial charge in [0.2, 0.25) is 0 Å². The molecule has 0 radical (unpaired) electrons. The number of carbonyl (C=O) groups is 1. The maximum Gasteiger partial charge on any atom is 0.279 e. The standard InChI is InChI=1S/C22H20FN3O/c1-2-15-25(16-9-4-3-5-10-16)22(27)21-17-11-8-14-19(17)26(24-21)20-13-7-6-12-18(20)23/h2-7,9-10,12-13H,1,8,11,14-15H2. The summed E-state index contributed by atoms with van der Waals surface area (Å²) in [5, 5.41) is 4.54. The van der Waals surface area contributed by atoms with Crippen LogP contribution in [-0.4, -0.2) is 22.2 Å². The van der Waals surface area contributed by atoms with E-state index >= 15 is 0 Å². The second-order valence-corrected chi connectivity index (χ2v) is 6.53. The Hall–Kier alpha value is -3.21. The van der Waals surface area contributed by atoms with Crippen LogP contribution in [0.5, 0.6) is 0 Å². The molecular formula is C22H20FN3O. The van der Waals surface area contributed by atoms with Gasteiger partial charge in [0.1, 0.15) is 11.5 Å². The SMILES string of the molecule is C=CCN(C(=O)c1nn(-c2ccccc2F)c2c1CCC2)c1ccccc1. The van der Waals surface area contributed by atoms with Gasteiger partial charge in [-0.15, -0.1) is 6.58 Å². The number of hydrogen-bond donors (Lipinski definition) is 0. The molecule has 0 saturated carbocycles. The van der Waals surface area contributed by atoms with Crippen molar-refractivity contribution in [2.45, 2.75) is 19.3 Å². The summed E-state index contributed by atoms with van der Waals surface area (Å²) in [5.74, 6) is -0.533. The van der Waals surface area contributed by atoms with Crippen LogP contribution in [0.1, 0.15) is 28.2 Å². The average Bonchev–Trinajstić information content (AvgIpc) is 3.30. The quantitative estimate of drug-likeness (QED) is 0.634. The first-order valence-corrected chi connectivity index (χ1v) is 9.04. The molecule has 0 spiro atoms. The molecule has 1 aliphatic carbocycles. The molecule has 0 bridgehead atoms. The number of hydrogen-bond acceptors (Lipinski definition) is 2. The Kier molecular flexibility index (Phi) is 4.59. The van der Waals surface area contributed by atoms with Crippen molar-refractivity contribution >= 4 is 11.6 Å². The van der Waals surface area contributed by atoms with Crippen LogP contribution in [-0.2, 0) is 12.8 Å². The third kappa shape index (κ3) is 3.05. The zero-order valence-electron chi connectivity index (χ0n) is 14.9. The molecular weight excluding hydrogens is 341 g/mol. The van der Waals surface area contributed by atoms with E-state index in [1.165, 1.54) is 6.07 Å². The predicted octanol–water partition coefficient (Wildman–Crippen LogP) is 4.33. The zero-order chi connectivity index (χ0) is 18.8. The number of carbonyl (C=O) groups excluding carboxylic acids is 1. The van der Waals surface area contributed by atoms with Gasteiger partial charge in [-0.05, 0) is 43.5 Å². The molecule has 3 aromatic rings. The van der Waals surface area contributed by atoms with E-state index in [0.717, 1.165) is 36.2 Å². The van der Waals surface area contributed by atoms with Gasteiger partial charge in [0.15, 0.2) is 5.69 Å².